The van der Waals surface area contributed by atoms with Crippen LogP contribution in [0.1, 0.15) is 53.2 Å². The zero-order chi connectivity index (χ0) is 23.1. The predicted molar refractivity (Wildman–Crippen MR) is 104 cm³/mol. The molecule has 1 aromatic heterocycles. The number of nitrogens with zero attached hydrogens (tertiary/aromatic N) is 2. The van der Waals surface area contributed by atoms with Gasteiger partial charge in [-0.05, 0) is 13.3 Å². The van der Waals surface area contributed by atoms with Crippen LogP contribution in [0.15, 0.2) is 11.0 Å². The molecule has 1 aromatic rings. The average Bonchev–Trinajstić information content (AvgIpc) is 2.96. The van der Waals surface area contributed by atoms with Gasteiger partial charge in [0.25, 0.3) is 0 Å². The van der Waals surface area contributed by atoms with Gasteiger partial charge in [-0.3, -0.25) is 19.5 Å². The van der Waals surface area contributed by atoms with E-state index in [2.05, 4.69) is 10.3 Å². The van der Waals surface area contributed by atoms with Crippen LogP contribution in [-0.4, -0.2) is 52.5 Å². The number of amides is 1. The first-order valence-electron chi connectivity index (χ1n) is 9.86. The lowest BCUT2D eigenvalue weighted by Crippen LogP contribution is -2.40. The van der Waals surface area contributed by atoms with Crippen LogP contribution in [0.3, 0.4) is 0 Å². The summed E-state index contributed by atoms with van der Waals surface area (Å²) < 4.78 is 36.1. The van der Waals surface area contributed by atoms with Crippen molar-refractivity contribution in [2.45, 2.75) is 71.5 Å². The van der Waals surface area contributed by atoms with Crippen molar-refractivity contribution in [3.8, 4) is 0 Å². The van der Waals surface area contributed by atoms with Gasteiger partial charge in [0.1, 0.15) is 0 Å². The first kappa shape index (κ1) is 24.3. The number of carbonyl (C=O) groups excluding carboxylic acids is 3. The average molecular weight is 443 g/mol. The molecule has 0 bridgehead atoms. The molecule has 31 heavy (non-hydrogen) atoms. The number of hydrogen-bond acceptors (Lipinski definition) is 9. The Hall–Kier alpha value is -3.02. The van der Waals surface area contributed by atoms with Gasteiger partial charge in [-0.15, -0.1) is 0 Å². The number of rotatable bonds is 8. The molecule has 172 valence electrons. The van der Waals surface area contributed by atoms with Gasteiger partial charge >= 0.3 is 23.7 Å². The fraction of sp³-hybridized carbons (Fsp3) is 0.632. The Morgan fingerprint density at radius 2 is 1.84 bits per heavy atom. The normalized spacial score (nSPS) is 22.6. The van der Waals surface area contributed by atoms with Gasteiger partial charge in [-0.2, -0.15) is 4.98 Å². The Bertz CT molecular complexity index is 874. The van der Waals surface area contributed by atoms with Crippen LogP contribution in [0.2, 0.25) is 0 Å². The second-order valence-electron chi connectivity index (χ2n) is 6.98. The molecule has 1 aliphatic heterocycles. The Kier molecular flexibility index (Phi) is 8.48. The maximum Gasteiger partial charge on any atom is 0.412 e. The number of esters is 2. The van der Waals surface area contributed by atoms with Crippen molar-refractivity contribution >= 4 is 23.8 Å². The minimum Gasteiger partial charge on any atom is -0.456 e. The zero-order valence-electron chi connectivity index (χ0n) is 17.8. The Morgan fingerprint density at radius 3 is 2.45 bits per heavy atom. The SMILES string of the molecule is CCCCCOC(=O)Nc1nc(=O)n([C@H]2O[C@@H](C)[C@@H](OC(C)=O)[C@@H]2OC(C)=O)cc1F. The van der Waals surface area contributed by atoms with Crippen LogP contribution in [0.4, 0.5) is 15.0 Å². The van der Waals surface area contributed by atoms with Gasteiger partial charge in [0, 0.05) is 13.8 Å². The van der Waals surface area contributed by atoms with Crippen LogP contribution in [0.25, 0.3) is 0 Å². The van der Waals surface area contributed by atoms with Gasteiger partial charge in [-0.1, -0.05) is 19.8 Å². The second-order valence-corrected chi connectivity index (χ2v) is 6.98. The molecule has 0 saturated carbocycles. The summed E-state index contributed by atoms with van der Waals surface area (Å²) in [6.07, 6.45) is -2.02. The fourth-order valence-corrected chi connectivity index (χ4v) is 3.06. The van der Waals surface area contributed by atoms with Crippen molar-refractivity contribution in [2.24, 2.45) is 0 Å². The largest absolute Gasteiger partial charge is 0.456 e. The molecule has 0 radical (unpaired) electrons. The highest BCUT2D eigenvalue weighted by Crippen LogP contribution is 2.33. The van der Waals surface area contributed by atoms with Crippen molar-refractivity contribution in [1.82, 2.24) is 9.55 Å². The van der Waals surface area contributed by atoms with Gasteiger partial charge in [-0.25, -0.2) is 14.0 Å². The third-order valence-corrected chi connectivity index (χ3v) is 4.41. The van der Waals surface area contributed by atoms with E-state index in [-0.39, 0.29) is 6.61 Å². The van der Waals surface area contributed by atoms with E-state index in [1.165, 1.54) is 6.92 Å². The molecule has 12 heteroatoms. The van der Waals surface area contributed by atoms with Crippen molar-refractivity contribution in [3.63, 3.8) is 0 Å². The molecule has 2 rings (SSSR count). The molecular formula is C19H26FN3O8. The summed E-state index contributed by atoms with van der Waals surface area (Å²) in [7, 11) is 0. The molecule has 0 unspecified atom stereocenters. The molecule has 0 aromatic carbocycles. The quantitative estimate of drug-likeness (QED) is 0.363. The summed E-state index contributed by atoms with van der Waals surface area (Å²) in [4.78, 5) is 50.7. The number of unbranched alkanes of at least 4 members (excludes halogenated alkanes) is 2. The van der Waals surface area contributed by atoms with Gasteiger partial charge < -0.3 is 18.9 Å². The fourth-order valence-electron chi connectivity index (χ4n) is 3.06. The number of nitrogens with one attached hydrogen (secondary N) is 1. The first-order chi connectivity index (χ1) is 14.6. The highest BCUT2D eigenvalue weighted by atomic mass is 19.1. The minimum atomic E-state index is -1.30. The molecule has 11 nitrogen and oxygen atoms in total. The third kappa shape index (κ3) is 6.48. The lowest BCUT2D eigenvalue weighted by Gasteiger charge is -2.23. The van der Waals surface area contributed by atoms with Crippen LogP contribution in [0.5, 0.6) is 0 Å². The zero-order valence-corrected chi connectivity index (χ0v) is 17.8. The van der Waals surface area contributed by atoms with Gasteiger partial charge in [0.2, 0.25) is 0 Å². The van der Waals surface area contributed by atoms with Crippen molar-refractivity contribution in [1.29, 1.82) is 0 Å². The van der Waals surface area contributed by atoms with E-state index in [0.717, 1.165) is 30.5 Å². The Labute approximate surface area is 177 Å². The maximum atomic E-state index is 14.5. The van der Waals surface area contributed by atoms with E-state index in [1.54, 1.807) is 6.92 Å². The number of ether oxygens (including phenoxy) is 4. The summed E-state index contributed by atoms with van der Waals surface area (Å²) in [5, 5.41) is 2.08. The molecule has 0 spiro atoms. The second kappa shape index (κ2) is 10.8. The van der Waals surface area contributed by atoms with E-state index in [4.69, 9.17) is 18.9 Å². The van der Waals surface area contributed by atoms with Crippen LogP contribution < -0.4 is 11.0 Å². The Morgan fingerprint density at radius 1 is 1.19 bits per heavy atom. The molecular weight excluding hydrogens is 417 g/mol. The highest BCUT2D eigenvalue weighted by Gasteiger charge is 2.48. The topological polar surface area (TPSA) is 135 Å². The number of carbonyl (C=O) groups is 3. The van der Waals surface area contributed by atoms with Crippen LogP contribution in [-0.2, 0) is 28.5 Å². The number of halogens is 1. The maximum absolute atomic E-state index is 14.5. The molecule has 1 N–H and O–H groups in total. The highest BCUT2D eigenvalue weighted by molar-refractivity contribution is 5.83. The van der Waals surface area contributed by atoms with E-state index in [1.807, 2.05) is 6.92 Å². The van der Waals surface area contributed by atoms with E-state index >= 15 is 0 Å². The molecule has 0 aliphatic carbocycles. The van der Waals surface area contributed by atoms with Crippen LogP contribution >= 0.6 is 0 Å². The third-order valence-electron chi connectivity index (χ3n) is 4.41. The molecule has 2 heterocycles. The summed E-state index contributed by atoms with van der Waals surface area (Å²) in [5.74, 6) is -3.02. The van der Waals surface area contributed by atoms with Crippen molar-refractivity contribution < 1.29 is 37.7 Å². The number of hydrogen-bond donors (Lipinski definition) is 1. The van der Waals surface area contributed by atoms with Crippen molar-refractivity contribution in [2.75, 3.05) is 11.9 Å². The summed E-state index contributed by atoms with van der Waals surface area (Å²) in [6, 6.07) is 0. The molecule has 1 fully saturated rings. The lowest BCUT2D eigenvalue weighted by atomic mass is 10.1. The van der Waals surface area contributed by atoms with Gasteiger partial charge in [0.05, 0.1) is 18.9 Å². The Balaban J connectivity index is 2.22. The van der Waals surface area contributed by atoms with E-state index in [0.29, 0.717) is 6.42 Å². The molecule has 1 saturated heterocycles. The van der Waals surface area contributed by atoms with Crippen LogP contribution in [0, 0.1) is 5.82 Å². The summed E-state index contributed by atoms with van der Waals surface area (Å²) >= 11 is 0. The minimum absolute atomic E-state index is 0.147. The first-order valence-corrected chi connectivity index (χ1v) is 9.86. The van der Waals surface area contributed by atoms with Crippen molar-refractivity contribution in [3.05, 3.63) is 22.5 Å². The van der Waals surface area contributed by atoms with Gasteiger partial charge in [0.15, 0.2) is 30.1 Å². The monoisotopic (exact) mass is 443 g/mol. The van der Waals surface area contributed by atoms with E-state index < -0.39 is 59.9 Å². The standard InChI is InChI=1S/C19H26FN3O8/c1-5-6-7-8-28-19(27)22-16-13(20)9-23(18(26)21-16)17-15(31-12(4)25)14(10(2)29-17)30-11(3)24/h9-10,14-15,17H,5-8H2,1-4H3,(H,21,22,26,27)/t10-,14+,15-,17-/m0/s1. The lowest BCUT2D eigenvalue weighted by molar-refractivity contribution is -0.165. The predicted octanol–water partition coefficient (Wildman–Crippen LogP) is 1.90. The smallest absolute Gasteiger partial charge is 0.412 e. The molecule has 1 aliphatic rings. The summed E-state index contributed by atoms with van der Waals surface area (Å²) in [6.45, 7) is 5.98. The van der Waals surface area contributed by atoms with E-state index in [9.17, 15) is 23.6 Å². The summed E-state index contributed by atoms with van der Waals surface area (Å²) in [5.41, 5.74) is -0.986. The number of anilines is 1. The molecule has 4 atom stereocenters. The number of aromatic nitrogens is 2. The molecule has 1 amide bonds.